The van der Waals surface area contributed by atoms with Gasteiger partial charge in [0.1, 0.15) is 11.8 Å². The number of nitrogens with zero attached hydrogens (tertiary/aromatic N) is 4. The summed E-state index contributed by atoms with van der Waals surface area (Å²) in [7, 11) is 0. The van der Waals surface area contributed by atoms with Gasteiger partial charge in [0, 0.05) is 25.7 Å². The molecule has 0 spiro atoms. The van der Waals surface area contributed by atoms with Crippen LogP contribution in [0.4, 0.5) is 0 Å². The maximum Gasteiger partial charge on any atom is 0.257 e. The Kier molecular flexibility index (Phi) is 3.85. The summed E-state index contributed by atoms with van der Waals surface area (Å²) in [6, 6.07) is 1.96. The second-order valence-electron chi connectivity index (χ2n) is 6.26. The fourth-order valence-corrected chi connectivity index (χ4v) is 3.32. The Hall–Kier alpha value is -2.19. The number of hydrogen-bond donors (Lipinski definition) is 0. The molecule has 0 aliphatic carbocycles. The number of aromatic nitrogens is 2. The lowest BCUT2D eigenvalue weighted by Gasteiger charge is -2.48. The third-order valence-corrected chi connectivity index (χ3v) is 4.71. The van der Waals surface area contributed by atoms with E-state index in [9.17, 15) is 4.79 Å². The molecule has 2 aromatic heterocycles. The zero-order chi connectivity index (χ0) is 16.7. The molecule has 2 fully saturated rings. The Labute approximate surface area is 139 Å². The number of hydrogen-bond acceptors (Lipinski definition) is 7. The first-order chi connectivity index (χ1) is 11.6. The molecular weight excluding hydrogens is 312 g/mol. The van der Waals surface area contributed by atoms with E-state index in [4.69, 9.17) is 13.7 Å². The first-order valence-corrected chi connectivity index (χ1v) is 8.10. The van der Waals surface area contributed by atoms with Crippen LogP contribution in [0.3, 0.4) is 0 Å². The molecule has 0 bridgehead atoms. The number of ether oxygens (including phenoxy) is 1. The Morgan fingerprint density at radius 1 is 1.33 bits per heavy atom. The molecule has 1 atom stereocenters. The lowest BCUT2D eigenvalue weighted by Crippen LogP contribution is -2.63. The van der Waals surface area contributed by atoms with Crippen LogP contribution in [-0.4, -0.2) is 64.7 Å². The van der Waals surface area contributed by atoms with Crippen molar-refractivity contribution in [1.82, 2.24) is 19.9 Å². The fourth-order valence-electron chi connectivity index (χ4n) is 3.32. The maximum atomic E-state index is 12.5. The van der Waals surface area contributed by atoms with Crippen molar-refractivity contribution in [1.29, 1.82) is 0 Å². The summed E-state index contributed by atoms with van der Waals surface area (Å²) in [4.78, 5) is 21.0. The highest BCUT2D eigenvalue weighted by atomic mass is 16.5. The Morgan fingerprint density at radius 2 is 2.17 bits per heavy atom. The highest BCUT2D eigenvalue weighted by molar-refractivity contribution is 5.95. The molecule has 0 aromatic carbocycles. The van der Waals surface area contributed by atoms with Crippen molar-refractivity contribution in [2.45, 2.75) is 25.9 Å². The second kappa shape index (κ2) is 6.03. The molecular formula is C16H20N4O4. The van der Waals surface area contributed by atoms with Crippen LogP contribution in [-0.2, 0) is 4.74 Å². The van der Waals surface area contributed by atoms with E-state index in [1.807, 2.05) is 4.90 Å². The van der Waals surface area contributed by atoms with E-state index in [1.54, 1.807) is 26.2 Å². The monoisotopic (exact) mass is 332 g/mol. The van der Waals surface area contributed by atoms with Crippen molar-refractivity contribution < 1.29 is 18.5 Å². The van der Waals surface area contributed by atoms with Crippen molar-refractivity contribution in [2.24, 2.45) is 0 Å². The van der Waals surface area contributed by atoms with Crippen LogP contribution >= 0.6 is 0 Å². The van der Waals surface area contributed by atoms with Crippen molar-refractivity contribution in [2.75, 3.05) is 32.8 Å². The molecule has 8 nitrogen and oxygen atoms in total. The third-order valence-electron chi connectivity index (χ3n) is 4.71. The summed E-state index contributed by atoms with van der Waals surface area (Å²) >= 11 is 0. The number of carbonyl (C=O) groups excluding carboxylic acids is 1. The van der Waals surface area contributed by atoms with Gasteiger partial charge in [-0.25, -0.2) is 0 Å². The summed E-state index contributed by atoms with van der Waals surface area (Å²) in [5.74, 6) is 1.89. The van der Waals surface area contributed by atoms with Crippen LogP contribution in [0.1, 0.15) is 33.9 Å². The van der Waals surface area contributed by atoms with Crippen molar-refractivity contribution in [3.05, 3.63) is 35.4 Å². The Bertz CT molecular complexity index is 734. The van der Waals surface area contributed by atoms with Crippen LogP contribution in [0.2, 0.25) is 0 Å². The topological polar surface area (TPSA) is 84.8 Å². The van der Waals surface area contributed by atoms with Gasteiger partial charge in [0.05, 0.1) is 25.0 Å². The molecule has 0 saturated carbocycles. The van der Waals surface area contributed by atoms with Crippen LogP contribution in [0.25, 0.3) is 0 Å². The van der Waals surface area contributed by atoms with Crippen LogP contribution < -0.4 is 0 Å². The summed E-state index contributed by atoms with van der Waals surface area (Å²) in [6.07, 6.45) is 1.55. The van der Waals surface area contributed by atoms with Crippen molar-refractivity contribution in [3.63, 3.8) is 0 Å². The molecule has 0 radical (unpaired) electrons. The zero-order valence-electron chi connectivity index (χ0n) is 13.8. The summed E-state index contributed by atoms with van der Waals surface area (Å²) < 4.78 is 16.1. The molecule has 24 heavy (non-hydrogen) atoms. The maximum absolute atomic E-state index is 12.5. The van der Waals surface area contributed by atoms with Gasteiger partial charge < -0.3 is 18.6 Å². The molecule has 1 amide bonds. The van der Waals surface area contributed by atoms with E-state index < -0.39 is 0 Å². The first kappa shape index (κ1) is 15.3. The molecule has 128 valence electrons. The quantitative estimate of drug-likeness (QED) is 0.834. The van der Waals surface area contributed by atoms with E-state index in [0.29, 0.717) is 49.3 Å². The van der Waals surface area contributed by atoms with Gasteiger partial charge in [0.15, 0.2) is 5.82 Å². The minimum Gasteiger partial charge on any atom is -0.469 e. The second-order valence-corrected chi connectivity index (χ2v) is 6.26. The van der Waals surface area contributed by atoms with Crippen LogP contribution in [0.15, 0.2) is 21.3 Å². The van der Waals surface area contributed by atoms with E-state index in [2.05, 4.69) is 15.0 Å². The largest absolute Gasteiger partial charge is 0.469 e. The molecule has 2 aliphatic heterocycles. The Morgan fingerprint density at radius 3 is 2.83 bits per heavy atom. The number of amides is 1. The third kappa shape index (κ3) is 2.61. The van der Waals surface area contributed by atoms with Gasteiger partial charge in [-0.05, 0) is 19.9 Å². The summed E-state index contributed by atoms with van der Waals surface area (Å²) in [6.45, 7) is 6.99. The SMILES string of the molecule is Cc1noc(C2COCCN2C2CN(C(=O)c3ccoc3C)C2)n1. The van der Waals surface area contributed by atoms with Gasteiger partial charge in [-0.1, -0.05) is 5.16 Å². The predicted octanol–water partition coefficient (Wildman–Crippen LogP) is 1.18. The number of rotatable bonds is 3. The normalized spacial score (nSPS) is 22.6. The van der Waals surface area contributed by atoms with E-state index >= 15 is 0 Å². The highest BCUT2D eigenvalue weighted by Crippen LogP contribution is 2.29. The molecule has 2 aromatic rings. The van der Waals surface area contributed by atoms with Crippen LogP contribution in [0, 0.1) is 13.8 Å². The van der Waals surface area contributed by atoms with Crippen molar-refractivity contribution >= 4 is 5.91 Å². The number of morpholine rings is 1. The van der Waals surface area contributed by atoms with Crippen LogP contribution in [0.5, 0.6) is 0 Å². The first-order valence-electron chi connectivity index (χ1n) is 8.10. The molecule has 2 aliphatic rings. The lowest BCUT2D eigenvalue weighted by atomic mass is 10.0. The smallest absolute Gasteiger partial charge is 0.257 e. The number of furan rings is 1. The van der Waals surface area contributed by atoms with E-state index in [1.165, 1.54) is 0 Å². The number of likely N-dealkylation sites (tertiary alicyclic amines) is 1. The molecule has 2 saturated heterocycles. The van der Waals surface area contributed by atoms with Gasteiger partial charge in [0.25, 0.3) is 5.91 Å². The van der Waals surface area contributed by atoms with Crippen molar-refractivity contribution in [3.8, 4) is 0 Å². The number of aryl methyl sites for hydroxylation is 2. The standard InChI is InChI=1S/C16H20N4O4/c1-10-13(3-5-23-10)16(21)19-7-12(8-19)20-4-6-22-9-14(20)15-17-11(2)18-24-15/h3,5,12,14H,4,6-9H2,1-2H3. The average molecular weight is 332 g/mol. The van der Waals surface area contributed by atoms with E-state index in [0.717, 1.165) is 6.54 Å². The lowest BCUT2D eigenvalue weighted by molar-refractivity contribution is -0.0713. The minimum atomic E-state index is -0.0436. The van der Waals surface area contributed by atoms with Gasteiger partial charge in [-0.2, -0.15) is 4.98 Å². The average Bonchev–Trinajstić information content (AvgIpc) is 3.14. The molecule has 4 heterocycles. The zero-order valence-corrected chi connectivity index (χ0v) is 13.8. The predicted molar refractivity (Wildman–Crippen MR) is 82.4 cm³/mol. The molecule has 0 N–H and O–H groups in total. The van der Waals surface area contributed by atoms with Gasteiger partial charge in [-0.3, -0.25) is 9.69 Å². The summed E-state index contributed by atoms with van der Waals surface area (Å²) in [5, 5.41) is 3.87. The van der Waals surface area contributed by atoms with Gasteiger partial charge in [0.2, 0.25) is 5.89 Å². The number of carbonyl (C=O) groups is 1. The highest BCUT2D eigenvalue weighted by Gasteiger charge is 2.41. The summed E-state index contributed by atoms with van der Waals surface area (Å²) in [5.41, 5.74) is 0.638. The molecule has 8 heteroatoms. The van der Waals surface area contributed by atoms with E-state index in [-0.39, 0.29) is 18.0 Å². The molecule has 4 rings (SSSR count). The van der Waals surface area contributed by atoms with Gasteiger partial charge in [-0.15, -0.1) is 0 Å². The Balaban J connectivity index is 1.43. The van der Waals surface area contributed by atoms with Gasteiger partial charge >= 0.3 is 0 Å². The molecule has 1 unspecified atom stereocenters. The minimum absolute atomic E-state index is 0.0240. The fraction of sp³-hybridized carbons (Fsp3) is 0.562.